The number of hydrogen-bond donors (Lipinski definition) is 1. The first-order valence-electron chi connectivity index (χ1n) is 5.54. The molecule has 0 amide bonds. The van der Waals surface area contributed by atoms with Crippen molar-refractivity contribution in [2.45, 2.75) is 0 Å². The summed E-state index contributed by atoms with van der Waals surface area (Å²) in [6.07, 6.45) is 0. The molecular formula is C14H8ClNO3. The monoisotopic (exact) mass is 273 g/mol. The van der Waals surface area contributed by atoms with Gasteiger partial charge in [-0.3, -0.25) is 4.79 Å². The maximum atomic E-state index is 11.9. The Hall–Kier alpha value is -2.33. The molecule has 0 aliphatic heterocycles. The van der Waals surface area contributed by atoms with Crippen molar-refractivity contribution < 1.29 is 9.52 Å². The van der Waals surface area contributed by atoms with Gasteiger partial charge in [0, 0.05) is 10.6 Å². The Bertz CT molecular complexity index is 826. The molecule has 1 N–H and O–H groups in total. The maximum absolute atomic E-state index is 11.9. The Labute approximate surface area is 112 Å². The topological polar surface area (TPSA) is 63.3 Å². The third kappa shape index (κ3) is 2.06. The second-order valence-corrected chi connectivity index (χ2v) is 4.42. The second kappa shape index (κ2) is 4.40. The summed E-state index contributed by atoms with van der Waals surface area (Å²) >= 11 is 5.89. The molecule has 3 aromatic rings. The molecule has 5 heteroatoms. The van der Waals surface area contributed by atoms with E-state index in [2.05, 4.69) is 4.98 Å². The van der Waals surface area contributed by atoms with E-state index in [0.29, 0.717) is 10.6 Å². The Kier molecular flexibility index (Phi) is 2.72. The first kappa shape index (κ1) is 11.7. The van der Waals surface area contributed by atoms with Gasteiger partial charge in [0.15, 0.2) is 0 Å². The van der Waals surface area contributed by atoms with Gasteiger partial charge in [0.2, 0.25) is 5.89 Å². The van der Waals surface area contributed by atoms with E-state index in [-0.39, 0.29) is 22.6 Å². The zero-order valence-corrected chi connectivity index (χ0v) is 10.4. The molecule has 0 bridgehead atoms. The van der Waals surface area contributed by atoms with Crippen molar-refractivity contribution in [3.63, 3.8) is 0 Å². The minimum absolute atomic E-state index is 0.0771. The summed E-state index contributed by atoms with van der Waals surface area (Å²) in [5.74, 6) is 0.0296. The third-order valence-corrected chi connectivity index (χ3v) is 2.93. The van der Waals surface area contributed by atoms with E-state index in [0.717, 1.165) is 0 Å². The van der Waals surface area contributed by atoms with Crippen LogP contribution in [-0.2, 0) is 0 Å². The van der Waals surface area contributed by atoms with E-state index < -0.39 is 5.56 Å². The Morgan fingerprint density at radius 3 is 2.74 bits per heavy atom. The molecule has 0 spiro atoms. The number of rotatable bonds is 1. The summed E-state index contributed by atoms with van der Waals surface area (Å²) in [5, 5.41) is 10.2. The minimum Gasteiger partial charge on any atom is -0.507 e. The quantitative estimate of drug-likeness (QED) is 0.739. The molecule has 1 heterocycles. The summed E-state index contributed by atoms with van der Waals surface area (Å²) in [7, 11) is 0. The van der Waals surface area contributed by atoms with Crippen molar-refractivity contribution in [2.75, 3.05) is 0 Å². The normalized spacial score (nSPS) is 10.8. The van der Waals surface area contributed by atoms with Crippen LogP contribution in [0.25, 0.3) is 22.4 Å². The molecule has 0 aliphatic carbocycles. The van der Waals surface area contributed by atoms with Crippen LogP contribution in [0.5, 0.6) is 5.75 Å². The van der Waals surface area contributed by atoms with Crippen molar-refractivity contribution in [1.82, 2.24) is 4.98 Å². The number of aromatic hydroxyl groups is 1. The molecule has 2 aromatic carbocycles. The van der Waals surface area contributed by atoms with Crippen molar-refractivity contribution in [1.29, 1.82) is 0 Å². The fourth-order valence-electron chi connectivity index (χ4n) is 1.84. The number of phenols is 1. The van der Waals surface area contributed by atoms with Crippen molar-refractivity contribution in [3.8, 4) is 17.2 Å². The van der Waals surface area contributed by atoms with Crippen LogP contribution in [0.15, 0.2) is 51.7 Å². The highest BCUT2D eigenvalue weighted by atomic mass is 35.5. The number of hydrogen-bond acceptors (Lipinski definition) is 4. The highest BCUT2D eigenvalue weighted by Crippen LogP contribution is 2.25. The van der Waals surface area contributed by atoms with E-state index in [1.807, 2.05) is 0 Å². The lowest BCUT2D eigenvalue weighted by Gasteiger charge is -2.03. The van der Waals surface area contributed by atoms with E-state index >= 15 is 0 Å². The average Bonchev–Trinajstić information content (AvgIpc) is 2.38. The smallest absolute Gasteiger partial charge is 0.287 e. The van der Waals surface area contributed by atoms with Gasteiger partial charge in [-0.25, -0.2) is 0 Å². The van der Waals surface area contributed by atoms with Crippen molar-refractivity contribution in [2.24, 2.45) is 0 Å². The van der Waals surface area contributed by atoms with E-state index in [4.69, 9.17) is 16.0 Å². The van der Waals surface area contributed by atoms with Gasteiger partial charge in [0.25, 0.3) is 5.56 Å². The minimum atomic E-state index is -0.533. The summed E-state index contributed by atoms with van der Waals surface area (Å²) in [4.78, 5) is 15.7. The number of fused-ring (bicyclic) bond motifs is 1. The second-order valence-electron chi connectivity index (χ2n) is 3.98. The molecule has 0 radical (unpaired) electrons. The van der Waals surface area contributed by atoms with Crippen LogP contribution in [0.4, 0.5) is 0 Å². The van der Waals surface area contributed by atoms with Crippen molar-refractivity contribution >= 4 is 22.6 Å². The van der Waals surface area contributed by atoms with Crippen LogP contribution in [0.2, 0.25) is 5.02 Å². The molecule has 0 atom stereocenters. The Balaban J connectivity index is 2.30. The summed E-state index contributed by atoms with van der Waals surface area (Å²) in [6.45, 7) is 0. The molecule has 4 nitrogen and oxygen atoms in total. The van der Waals surface area contributed by atoms with Crippen LogP contribution < -0.4 is 5.56 Å². The Morgan fingerprint density at radius 1 is 1.16 bits per heavy atom. The summed E-state index contributed by atoms with van der Waals surface area (Å²) in [6, 6.07) is 11.5. The van der Waals surface area contributed by atoms with Gasteiger partial charge in [0.05, 0.1) is 0 Å². The number of nitrogens with zero attached hydrogens (tertiary/aromatic N) is 1. The lowest BCUT2D eigenvalue weighted by atomic mass is 10.2. The third-order valence-electron chi connectivity index (χ3n) is 2.70. The Morgan fingerprint density at radius 2 is 1.95 bits per heavy atom. The van der Waals surface area contributed by atoms with Gasteiger partial charge in [-0.15, -0.1) is 0 Å². The van der Waals surface area contributed by atoms with E-state index in [1.165, 1.54) is 6.07 Å². The summed E-state index contributed by atoms with van der Waals surface area (Å²) in [5.41, 5.74) is 0.360. The molecule has 1 aromatic heterocycles. The number of aromatic nitrogens is 1. The van der Waals surface area contributed by atoms with Gasteiger partial charge in [-0.05, 0) is 30.3 Å². The van der Waals surface area contributed by atoms with Crippen LogP contribution in [0, 0.1) is 0 Å². The van der Waals surface area contributed by atoms with Gasteiger partial charge in [0.1, 0.15) is 16.7 Å². The SMILES string of the molecule is O=c1nc(-c2cccc(Cl)c2)oc2cccc(O)c12. The first-order valence-corrected chi connectivity index (χ1v) is 5.92. The molecular weight excluding hydrogens is 266 g/mol. The van der Waals surface area contributed by atoms with Gasteiger partial charge in [-0.1, -0.05) is 23.7 Å². The molecule has 3 rings (SSSR count). The van der Waals surface area contributed by atoms with Crippen LogP contribution in [0.3, 0.4) is 0 Å². The molecule has 0 aliphatic rings. The highest BCUT2D eigenvalue weighted by molar-refractivity contribution is 6.30. The lowest BCUT2D eigenvalue weighted by molar-refractivity contribution is 0.479. The van der Waals surface area contributed by atoms with E-state index in [1.54, 1.807) is 36.4 Å². The van der Waals surface area contributed by atoms with E-state index in [9.17, 15) is 9.90 Å². The molecule has 19 heavy (non-hydrogen) atoms. The first-order chi connectivity index (χ1) is 9.15. The molecule has 0 fully saturated rings. The number of halogens is 1. The lowest BCUT2D eigenvalue weighted by Crippen LogP contribution is -2.07. The van der Waals surface area contributed by atoms with Crippen LogP contribution >= 0.6 is 11.6 Å². The van der Waals surface area contributed by atoms with Gasteiger partial charge >= 0.3 is 0 Å². The average molecular weight is 274 g/mol. The van der Waals surface area contributed by atoms with Gasteiger partial charge < -0.3 is 9.52 Å². The van der Waals surface area contributed by atoms with Crippen molar-refractivity contribution in [3.05, 3.63) is 57.8 Å². The van der Waals surface area contributed by atoms with Crippen LogP contribution in [-0.4, -0.2) is 10.1 Å². The standard InChI is InChI=1S/C14H8ClNO3/c15-9-4-1-3-8(7-9)14-16-13(18)12-10(17)5-2-6-11(12)19-14/h1-7,17H. The zero-order valence-electron chi connectivity index (χ0n) is 9.63. The van der Waals surface area contributed by atoms with Crippen LogP contribution in [0.1, 0.15) is 0 Å². The number of benzene rings is 2. The fourth-order valence-corrected chi connectivity index (χ4v) is 2.03. The molecule has 0 saturated heterocycles. The summed E-state index contributed by atoms with van der Waals surface area (Å²) < 4.78 is 5.53. The zero-order chi connectivity index (χ0) is 13.4. The largest absolute Gasteiger partial charge is 0.507 e. The highest BCUT2D eigenvalue weighted by Gasteiger charge is 2.11. The molecule has 94 valence electrons. The van der Waals surface area contributed by atoms with Gasteiger partial charge in [-0.2, -0.15) is 4.98 Å². The fraction of sp³-hybridized carbons (Fsp3) is 0. The molecule has 0 unspecified atom stereocenters. The predicted octanol–water partition coefficient (Wildman–Crippen LogP) is 3.21. The maximum Gasteiger partial charge on any atom is 0.287 e. The number of phenolic OH excluding ortho intramolecular Hbond substituents is 1. The predicted molar refractivity (Wildman–Crippen MR) is 72.4 cm³/mol. The molecule has 0 saturated carbocycles.